The number of benzene rings is 1. The second-order valence-electron chi connectivity index (χ2n) is 6.30. The van der Waals surface area contributed by atoms with Crippen LogP contribution in [-0.4, -0.2) is 65.6 Å². The third kappa shape index (κ3) is 3.16. The number of halogens is 1. The standard InChI is InChI=1S/C15H18ClNO7S/c16-9-1-3-10(4-2-9)25(22,23)17-11(7-24-8-12(17)18)15(5-6-15)13(19)14(20)21/h1-4,11-13,18-19H,5-8H2,(H,20,21)/t11-,12-,13?/m1/s1. The Morgan fingerprint density at radius 2 is 1.88 bits per heavy atom. The van der Waals surface area contributed by atoms with E-state index < -0.39 is 39.8 Å². The van der Waals surface area contributed by atoms with Crippen molar-refractivity contribution in [2.24, 2.45) is 5.41 Å². The Labute approximate surface area is 149 Å². The van der Waals surface area contributed by atoms with E-state index in [1.54, 1.807) is 0 Å². The van der Waals surface area contributed by atoms with Crippen molar-refractivity contribution in [2.45, 2.75) is 36.1 Å². The van der Waals surface area contributed by atoms with Crippen LogP contribution in [0.1, 0.15) is 12.8 Å². The van der Waals surface area contributed by atoms with Crippen LogP contribution in [-0.2, 0) is 19.6 Å². The number of hydrogen-bond donors (Lipinski definition) is 3. The summed E-state index contributed by atoms with van der Waals surface area (Å²) in [5.74, 6) is -1.43. The minimum Gasteiger partial charge on any atom is -0.479 e. The summed E-state index contributed by atoms with van der Waals surface area (Å²) in [6.45, 7) is -0.337. The van der Waals surface area contributed by atoms with Crippen LogP contribution in [0.4, 0.5) is 0 Å². The quantitative estimate of drug-likeness (QED) is 0.658. The number of nitrogens with zero attached hydrogens (tertiary/aromatic N) is 1. The second kappa shape index (κ2) is 6.49. The highest BCUT2D eigenvalue weighted by Gasteiger charge is 2.62. The van der Waals surface area contributed by atoms with Gasteiger partial charge in [0, 0.05) is 10.4 Å². The molecule has 1 aliphatic heterocycles. The summed E-state index contributed by atoms with van der Waals surface area (Å²) in [6.07, 6.45) is -2.56. The first-order valence-corrected chi connectivity index (χ1v) is 9.48. The molecule has 3 atom stereocenters. The fourth-order valence-electron chi connectivity index (χ4n) is 3.29. The maximum Gasteiger partial charge on any atom is 0.333 e. The van der Waals surface area contributed by atoms with E-state index in [1.165, 1.54) is 24.3 Å². The van der Waals surface area contributed by atoms with Gasteiger partial charge >= 0.3 is 5.97 Å². The van der Waals surface area contributed by atoms with E-state index in [0.717, 1.165) is 4.31 Å². The van der Waals surface area contributed by atoms with Crippen molar-refractivity contribution in [2.75, 3.05) is 13.2 Å². The molecule has 0 spiro atoms. The summed E-state index contributed by atoms with van der Waals surface area (Å²) < 4.78 is 32.2. The Bertz CT molecular complexity index is 763. The molecule has 1 heterocycles. The first kappa shape index (κ1) is 18.6. The summed E-state index contributed by atoms with van der Waals surface area (Å²) in [6, 6.07) is 4.46. The molecule has 1 aliphatic carbocycles. The largest absolute Gasteiger partial charge is 0.479 e. The highest BCUT2D eigenvalue weighted by molar-refractivity contribution is 7.89. The normalized spacial score (nSPS) is 27.6. The zero-order chi connectivity index (χ0) is 18.4. The van der Waals surface area contributed by atoms with Crippen LogP contribution >= 0.6 is 11.6 Å². The number of aliphatic hydroxyl groups excluding tert-OH is 2. The molecule has 1 aromatic rings. The van der Waals surface area contributed by atoms with Crippen LogP contribution in [0.25, 0.3) is 0 Å². The van der Waals surface area contributed by atoms with Gasteiger partial charge in [-0.2, -0.15) is 4.31 Å². The number of ether oxygens (including phenoxy) is 1. The number of morpholine rings is 1. The molecule has 0 bridgehead atoms. The number of aliphatic carboxylic acids is 1. The summed E-state index contributed by atoms with van der Waals surface area (Å²) >= 11 is 5.79. The van der Waals surface area contributed by atoms with E-state index >= 15 is 0 Å². The summed E-state index contributed by atoms with van der Waals surface area (Å²) in [5.41, 5.74) is -1.17. The highest BCUT2D eigenvalue weighted by atomic mass is 35.5. The fraction of sp³-hybridized carbons (Fsp3) is 0.533. The number of sulfonamides is 1. The van der Waals surface area contributed by atoms with Gasteiger partial charge in [0.05, 0.1) is 24.2 Å². The highest BCUT2D eigenvalue weighted by Crippen LogP contribution is 2.55. The Hall–Kier alpha value is -1.23. The molecule has 0 amide bonds. The second-order valence-corrected chi connectivity index (χ2v) is 8.58. The molecular formula is C15H18ClNO7S. The molecule has 25 heavy (non-hydrogen) atoms. The predicted octanol–water partition coefficient (Wildman–Crippen LogP) is 0.274. The van der Waals surface area contributed by atoms with Gasteiger partial charge in [0.2, 0.25) is 10.0 Å². The minimum atomic E-state index is -4.14. The number of hydrogen-bond acceptors (Lipinski definition) is 6. The van der Waals surface area contributed by atoms with Gasteiger partial charge in [-0.1, -0.05) is 11.6 Å². The van der Waals surface area contributed by atoms with Gasteiger partial charge in [-0.05, 0) is 37.1 Å². The molecule has 1 saturated heterocycles. The van der Waals surface area contributed by atoms with E-state index in [2.05, 4.69) is 0 Å². The maximum absolute atomic E-state index is 13.0. The molecular weight excluding hydrogens is 374 g/mol. The summed E-state index contributed by atoms with van der Waals surface area (Å²) in [4.78, 5) is 11.2. The van der Waals surface area contributed by atoms with E-state index in [9.17, 15) is 23.4 Å². The average molecular weight is 392 g/mol. The van der Waals surface area contributed by atoms with Crippen LogP contribution in [0.15, 0.2) is 29.2 Å². The van der Waals surface area contributed by atoms with Crippen LogP contribution in [0, 0.1) is 5.41 Å². The molecule has 1 saturated carbocycles. The van der Waals surface area contributed by atoms with Gasteiger partial charge in [-0.25, -0.2) is 13.2 Å². The van der Waals surface area contributed by atoms with Crippen molar-refractivity contribution in [1.29, 1.82) is 0 Å². The molecule has 0 radical (unpaired) electrons. The number of aliphatic hydroxyl groups is 2. The van der Waals surface area contributed by atoms with Crippen molar-refractivity contribution >= 4 is 27.6 Å². The smallest absolute Gasteiger partial charge is 0.333 e. The van der Waals surface area contributed by atoms with E-state index in [1.807, 2.05) is 0 Å². The molecule has 8 nitrogen and oxygen atoms in total. The first-order chi connectivity index (χ1) is 11.7. The van der Waals surface area contributed by atoms with Gasteiger partial charge in [0.25, 0.3) is 0 Å². The Kier molecular flexibility index (Phi) is 4.82. The lowest BCUT2D eigenvalue weighted by molar-refractivity contribution is -0.160. The van der Waals surface area contributed by atoms with Crippen molar-refractivity contribution in [1.82, 2.24) is 4.31 Å². The number of carbonyl (C=O) groups is 1. The predicted molar refractivity (Wildman–Crippen MR) is 86.4 cm³/mol. The maximum atomic E-state index is 13.0. The number of carboxylic acids is 1. The van der Waals surface area contributed by atoms with Gasteiger partial charge in [0.15, 0.2) is 6.10 Å². The lowest BCUT2D eigenvalue weighted by Crippen LogP contribution is -2.60. The molecule has 1 aromatic carbocycles. The first-order valence-electron chi connectivity index (χ1n) is 7.66. The topological polar surface area (TPSA) is 124 Å². The van der Waals surface area contributed by atoms with Crippen LogP contribution in [0.3, 0.4) is 0 Å². The number of rotatable bonds is 5. The Morgan fingerprint density at radius 3 is 2.40 bits per heavy atom. The van der Waals surface area contributed by atoms with E-state index in [0.29, 0.717) is 17.9 Å². The molecule has 138 valence electrons. The Balaban J connectivity index is 2.01. The minimum absolute atomic E-state index is 0.0801. The molecule has 0 aromatic heterocycles. The van der Waals surface area contributed by atoms with Crippen LogP contribution in [0.5, 0.6) is 0 Å². The van der Waals surface area contributed by atoms with E-state index in [-0.39, 0.29) is 18.1 Å². The van der Waals surface area contributed by atoms with Crippen molar-refractivity contribution in [3.63, 3.8) is 0 Å². The van der Waals surface area contributed by atoms with Crippen molar-refractivity contribution in [3.8, 4) is 0 Å². The van der Waals surface area contributed by atoms with Gasteiger partial charge < -0.3 is 20.1 Å². The molecule has 3 rings (SSSR count). The van der Waals surface area contributed by atoms with E-state index in [4.69, 9.17) is 21.4 Å². The van der Waals surface area contributed by atoms with Crippen molar-refractivity contribution < 1.29 is 33.3 Å². The average Bonchev–Trinajstić information content (AvgIpc) is 3.35. The lowest BCUT2D eigenvalue weighted by atomic mass is 9.89. The molecule has 10 heteroatoms. The molecule has 1 unspecified atom stereocenters. The Morgan fingerprint density at radius 1 is 1.28 bits per heavy atom. The van der Waals surface area contributed by atoms with Gasteiger partial charge in [0.1, 0.15) is 6.23 Å². The van der Waals surface area contributed by atoms with Crippen LogP contribution < -0.4 is 0 Å². The third-order valence-electron chi connectivity index (χ3n) is 4.80. The summed E-state index contributed by atoms with van der Waals surface area (Å²) in [7, 11) is -4.14. The van der Waals surface area contributed by atoms with Crippen LogP contribution in [0.2, 0.25) is 5.02 Å². The SMILES string of the molecule is O=C(O)C(O)C1([C@H]2COC[C@@H](O)N2S(=O)(=O)c2ccc(Cl)cc2)CC1. The van der Waals surface area contributed by atoms with Gasteiger partial charge in [-0.3, -0.25) is 0 Å². The third-order valence-corrected chi connectivity index (χ3v) is 6.97. The zero-order valence-electron chi connectivity index (χ0n) is 13.1. The monoisotopic (exact) mass is 391 g/mol. The summed E-state index contributed by atoms with van der Waals surface area (Å²) in [5, 5.41) is 29.9. The van der Waals surface area contributed by atoms with Gasteiger partial charge in [-0.15, -0.1) is 0 Å². The zero-order valence-corrected chi connectivity index (χ0v) is 14.7. The lowest BCUT2D eigenvalue weighted by Gasteiger charge is -2.43. The fourth-order valence-corrected chi connectivity index (χ4v) is 5.13. The molecule has 2 fully saturated rings. The van der Waals surface area contributed by atoms with Crippen molar-refractivity contribution in [3.05, 3.63) is 29.3 Å². The molecule has 2 aliphatic rings. The molecule has 3 N–H and O–H groups in total. The number of carboxylic acid groups (broad SMARTS) is 1.